The lowest BCUT2D eigenvalue weighted by molar-refractivity contribution is -0.870. The smallest absolute Gasteiger partial charge is 0.466 e. The summed E-state index contributed by atoms with van der Waals surface area (Å²) in [6.45, 7) is 8.27. The number of ether oxygens (including phenoxy) is 2. The van der Waals surface area contributed by atoms with Gasteiger partial charge in [0.05, 0.1) is 33.9 Å². The van der Waals surface area contributed by atoms with Crippen molar-refractivity contribution in [3.8, 4) is 0 Å². The monoisotopic (exact) mass is 865 g/mol. The van der Waals surface area contributed by atoms with E-state index in [1.54, 1.807) is 0 Å². The molecule has 0 saturated heterocycles. The van der Waals surface area contributed by atoms with Crippen molar-refractivity contribution in [3.05, 3.63) is 71.3 Å². The van der Waals surface area contributed by atoms with Crippen molar-refractivity contribution in [2.24, 2.45) is 0 Å². The molecule has 0 aliphatic carbocycles. The van der Waals surface area contributed by atoms with E-state index >= 15 is 0 Å². The molecule has 3 atom stereocenters. The van der Waals surface area contributed by atoms with E-state index in [1.165, 1.54) is 24.0 Å². The normalized spacial score (nSPS) is 14.5. The highest BCUT2D eigenvalue weighted by Gasteiger charge is 2.27. The van der Waals surface area contributed by atoms with Crippen LogP contribution in [-0.4, -0.2) is 86.1 Å². The fourth-order valence-corrected chi connectivity index (χ4v) is 6.95. The van der Waals surface area contributed by atoms with Crippen molar-refractivity contribution < 1.29 is 51.6 Å². The predicted molar refractivity (Wildman–Crippen MR) is 243 cm³/mol. The molecule has 344 valence electrons. The maximum absolute atomic E-state index is 12.8. The van der Waals surface area contributed by atoms with Crippen LogP contribution in [0.2, 0.25) is 0 Å². The number of hydrogen-bond donors (Lipinski definition) is 2. The lowest BCUT2D eigenvalue weighted by Gasteiger charge is -2.24. The zero-order valence-electron chi connectivity index (χ0n) is 38.5. The van der Waals surface area contributed by atoms with Gasteiger partial charge in [-0.1, -0.05) is 101 Å². The first-order valence-electron chi connectivity index (χ1n) is 22.8. The predicted octanol–water partition coefficient (Wildman–Crippen LogP) is 11.3. The number of hydrogen-bond acceptors (Lipinski definition) is 9. The van der Waals surface area contributed by atoms with Crippen LogP contribution in [0.15, 0.2) is 53.0 Å². The maximum atomic E-state index is 12.8. The molecule has 0 fully saturated rings. The minimum atomic E-state index is -4.41. The SMILES string of the molecule is CCCc1oc(CCCCCCCCCCC(=O)O[C@H](COC(=O)CCC/C=C\C/C=C\C/C=C\C/C=C\CC[C@@H](O)CC)COP(=O)(O)OCC[N+](C)(C)C)c(C)c1C. The van der Waals surface area contributed by atoms with E-state index in [-0.39, 0.29) is 32.2 Å². The summed E-state index contributed by atoms with van der Waals surface area (Å²) in [4.78, 5) is 35.5. The summed E-state index contributed by atoms with van der Waals surface area (Å²) < 4.78 is 40.4. The lowest BCUT2D eigenvalue weighted by Crippen LogP contribution is -2.37. The van der Waals surface area contributed by atoms with Crippen molar-refractivity contribution in [2.75, 3.05) is 47.5 Å². The number of nitrogens with zero attached hydrogens (tertiary/aromatic N) is 1. The number of aryl methyl sites for hydroxylation is 2. The van der Waals surface area contributed by atoms with E-state index in [4.69, 9.17) is 22.9 Å². The third kappa shape index (κ3) is 30.3. The minimum absolute atomic E-state index is 0.00837. The number of furan rings is 1. The second-order valence-electron chi connectivity index (χ2n) is 16.8. The van der Waals surface area contributed by atoms with Gasteiger partial charge in [0.1, 0.15) is 31.3 Å². The summed E-state index contributed by atoms with van der Waals surface area (Å²) in [5.41, 5.74) is 2.61. The van der Waals surface area contributed by atoms with Crippen molar-refractivity contribution in [1.82, 2.24) is 0 Å². The van der Waals surface area contributed by atoms with Crippen molar-refractivity contribution in [1.29, 1.82) is 0 Å². The molecule has 11 nitrogen and oxygen atoms in total. The Morgan fingerprint density at radius 3 is 1.82 bits per heavy atom. The number of likely N-dealkylation sites (N-methyl/N-ethyl adjacent to an activating group) is 1. The number of quaternary nitrogens is 1. The lowest BCUT2D eigenvalue weighted by atomic mass is 10.0. The first-order chi connectivity index (χ1) is 28.7. The largest absolute Gasteiger partial charge is 0.472 e. The van der Waals surface area contributed by atoms with E-state index in [0.29, 0.717) is 23.9 Å². The summed E-state index contributed by atoms with van der Waals surface area (Å²) >= 11 is 0. The molecule has 1 aromatic heterocycles. The number of carbonyl (C=O) groups is 2. The fraction of sp³-hybridized carbons (Fsp3) is 0.708. The Kier molecular flexibility index (Phi) is 31.1. The van der Waals surface area contributed by atoms with Crippen LogP contribution in [0.25, 0.3) is 0 Å². The zero-order valence-corrected chi connectivity index (χ0v) is 39.4. The second-order valence-corrected chi connectivity index (χ2v) is 18.3. The highest BCUT2D eigenvalue weighted by Crippen LogP contribution is 2.43. The molecule has 0 saturated carbocycles. The average molecular weight is 865 g/mol. The van der Waals surface area contributed by atoms with Gasteiger partial charge in [0, 0.05) is 25.7 Å². The van der Waals surface area contributed by atoms with Crippen molar-refractivity contribution >= 4 is 19.8 Å². The molecular weight excluding hydrogens is 781 g/mol. The first-order valence-corrected chi connectivity index (χ1v) is 24.3. The van der Waals surface area contributed by atoms with Gasteiger partial charge in [0.15, 0.2) is 6.10 Å². The summed E-state index contributed by atoms with van der Waals surface area (Å²) in [5, 5.41) is 9.57. The number of phosphoric ester groups is 1. The standard InChI is InChI=1S/C48H82NO10P/c1-8-32-45-41(3)42(4)46(59-45)34-29-25-21-18-19-23-27-31-36-48(52)58-44(40-57-60(53,54)56-38-37-49(5,6)7)39-55-47(51)35-30-26-22-17-15-13-11-10-12-14-16-20-24-28-33-43(50)9-2/h11-14,17,20,22,24,43-44,50H,8-10,15-16,18-19,21,23,25-40H2,1-7H3/p+1/b13-11-,14-12-,22-17-,24-20-/t43-,44+/m0/s1. The van der Waals surface area contributed by atoms with Crippen LogP contribution in [0.5, 0.6) is 0 Å². The average Bonchev–Trinajstić information content (AvgIpc) is 3.46. The Labute approximate surface area is 363 Å². The third-order valence-electron chi connectivity index (χ3n) is 10.2. The van der Waals surface area contributed by atoms with Gasteiger partial charge >= 0.3 is 19.8 Å². The quantitative estimate of drug-likeness (QED) is 0.0218. The van der Waals surface area contributed by atoms with Gasteiger partial charge in [-0.05, 0) is 95.6 Å². The molecule has 0 aromatic carbocycles. The molecule has 60 heavy (non-hydrogen) atoms. The Hall–Kier alpha value is -2.79. The van der Waals surface area contributed by atoms with Crippen LogP contribution in [0.4, 0.5) is 0 Å². The van der Waals surface area contributed by atoms with E-state index in [0.717, 1.165) is 108 Å². The number of aliphatic hydroxyl groups excluding tert-OH is 1. The summed E-state index contributed by atoms with van der Waals surface area (Å²) in [7, 11) is 1.40. The molecule has 12 heteroatoms. The molecule has 0 amide bonds. The summed E-state index contributed by atoms with van der Waals surface area (Å²) in [6, 6.07) is 0. The van der Waals surface area contributed by atoms with Crippen LogP contribution in [0.1, 0.15) is 158 Å². The molecule has 0 radical (unpaired) electrons. The topological polar surface area (TPSA) is 142 Å². The second kappa shape index (κ2) is 33.8. The van der Waals surface area contributed by atoms with Gasteiger partial charge in [0.2, 0.25) is 0 Å². The van der Waals surface area contributed by atoms with Crippen LogP contribution >= 0.6 is 7.82 Å². The Morgan fingerprint density at radius 1 is 0.700 bits per heavy atom. The van der Waals surface area contributed by atoms with Crippen LogP contribution in [-0.2, 0) is 45.5 Å². The van der Waals surface area contributed by atoms with Gasteiger partial charge in [0.25, 0.3) is 0 Å². The zero-order chi connectivity index (χ0) is 44.5. The highest BCUT2D eigenvalue weighted by atomic mass is 31.2. The summed E-state index contributed by atoms with van der Waals surface area (Å²) in [6.07, 6.45) is 33.8. The Balaban J connectivity index is 2.37. The van der Waals surface area contributed by atoms with E-state index in [1.807, 2.05) is 34.1 Å². The Bertz CT molecular complexity index is 1460. The molecule has 0 spiro atoms. The molecule has 1 unspecified atom stereocenters. The number of allylic oxidation sites excluding steroid dienone is 8. The molecule has 0 aliphatic heterocycles. The van der Waals surface area contributed by atoms with Gasteiger partial charge in [-0.2, -0.15) is 0 Å². The fourth-order valence-electron chi connectivity index (χ4n) is 6.21. The third-order valence-corrected chi connectivity index (χ3v) is 11.2. The first kappa shape index (κ1) is 55.2. The van der Waals surface area contributed by atoms with E-state index in [2.05, 4.69) is 63.3 Å². The van der Waals surface area contributed by atoms with Crippen LogP contribution < -0.4 is 0 Å². The van der Waals surface area contributed by atoms with Crippen LogP contribution in [0.3, 0.4) is 0 Å². The van der Waals surface area contributed by atoms with Crippen molar-refractivity contribution in [2.45, 2.75) is 175 Å². The van der Waals surface area contributed by atoms with Crippen LogP contribution in [0, 0.1) is 13.8 Å². The molecule has 1 rings (SSSR count). The number of unbranched alkanes of at least 4 members (excludes halogenated alkanes) is 8. The molecule has 1 heterocycles. The van der Waals surface area contributed by atoms with E-state index in [9.17, 15) is 24.2 Å². The highest BCUT2D eigenvalue weighted by molar-refractivity contribution is 7.47. The summed E-state index contributed by atoms with van der Waals surface area (Å²) in [5.74, 6) is 1.37. The molecule has 1 aromatic rings. The van der Waals surface area contributed by atoms with Gasteiger partial charge in [-0.15, -0.1) is 0 Å². The van der Waals surface area contributed by atoms with Gasteiger partial charge < -0.3 is 28.4 Å². The van der Waals surface area contributed by atoms with Gasteiger partial charge in [-0.3, -0.25) is 18.6 Å². The molecule has 0 bridgehead atoms. The molecular formula is C48H83NO10P+. The number of phosphoric acid groups is 1. The minimum Gasteiger partial charge on any atom is -0.466 e. The van der Waals surface area contributed by atoms with Gasteiger partial charge in [-0.25, -0.2) is 4.57 Å². The maximum Gasteiger partial charge on any atom is 0.472 e. The number of aliphatic hydroxyl groups is 1. The number of carbonyl (C=O) groups excluding carboxylic acids is 2. The number of esters is 2. The molecule has 2 N–H and O–H groups in total. The van der Waals surface area contributed by atoms with E-state index < -0.39 is 32.5 Å². The van der Waals surface area contributed by atoms with Crippen molar-refractivity contribution in [3.63, 3.8) is 0 Å². The Morgan fingerprint density at radius 2 is 1.23 bits per heavy atom. The molecule has 0 aliphatic rings. The number of rotatable bonds is 37.